The highest BCUT2D eigenvalue weighted by Gasteiger charge is 2.30. The predicted octanol–water partition coefficient (Wildman–Crippen LogP) is 6.14. The topological polar surface area (TPSA) is 172 Å². The molecule has 0 fully saturated rings. The van der Waals surface area contributed by atoms with Gasteiger partial charge in [0, 0.05) is 31.3 Å². The van der Waals surface area contributed by atoms with Gasteiger partial charge in [-0.1, -0.05) is 86.6 Å². The first-order valence-electron chi connectivity index (χ1n) is 15.7. The smallest absolute Gasteiger partial charge is 0.368 e. The van der Waals surface area contributed by atoms with Crippen molar-refractivity contribution in [3.63, 3.8) is 0 Å². The van der Waals surface area contributed by atoms with Crippen LogP contribution in [0.15, 0.2) is 114 Å². The molecule has 14 heteroatoms. The molecule has 0 amide bonds. The third-order valence-corrected chi connectivity index (χ3v) is 10.8. The molecule has 49 heavy (non-hydrogen) atoms. The first-order valence-corrected chi connectivity index (χ1v) is 18.9. The van der Waals surface area contributed by atoms with E-state index in [1.54, 1.807) is 12.1 Å². The summed E-state index contributed by atoms with van der Waals surface area (Å²) in [5.74, 6) is 0.197. The van der Waals surface area contributed by atoms with E-state index in [0.29, 0.717) is 5.56 Å². The molecule has 0 saturated heterocycles. The van der Waals surface area contributed by atoms with E-state index in [1.165, 1.54) is 40.7 Å². The molecule has 0 heterocycles. The van der Waals surface area contributed by atoms with Crippen LogP contribution in [-0.4, -0.2) is 54.3 Å². The lowest BCUT2D eigenvalue weighted by molar-refractivity contribution is -0.384. The van der Waals surface area contributed by atoms with Crippen molar-refractivity contribution in [2.45, 2.75) is 50.5 Å². The fraction of sp³-hybridized carbons (Fsp3) is 0.314. The molecule has 4 aromatic rings. The highest BCUT2D eigenvalue weighted by molar-refractivity contribution is 7.89. The van der Waals surface area contributed by atoms with Gasteiger partial charge >= 0.3 is 7.60 Å². The van der Waals surface area contributed by atoms with Gasteiger partial charge < -0.3 is 24.6 Å². The second-order valence-electron chi connectivity index (χ2n) is 11.9. The number of nitrogens with zero attached hydrogens (tertiary/aromatic N) is 2. The van der Waals surface area contributed by atoms with Gasteiger partial charge in [-0.15, -0.1) is 0 Å². The van der Waals surface area contributed by atoms with Crippen LogP contribution in [-0.2, 0) is 43.3 Å². The van der Waals surface area contributed by atoms with Crippen molar-refractivity contribution in [1.82, 2.24) is 4.31 Å². The third-order valence-electron chi connectivity index (χ3n) is 7.46. The van der Waals surface area contributed by atoms with Crippen molar-refractivity contribution in [2.24, 2.45) is 11.7 Å². The van der Waals surface area contributed by atoms with Crippen LogP contribution < -0.4 is 10.5 Å². The van der Waals surface area contributed by atoms with E-state index >= 15 is 0 Å². The minimum absolute atomic E-state index is 0.0273. The van der Waals surface area contributed by atoms with Crippen molar-refractivity contribution >= 4 is 23.3 Å². The Kier molecular flexibility index (Phi) is 13.6. The normalized spacial score (nSPS) is 13.3. The molecule has 4 aromatic carbocycles. The number of ether oxygens (including phenoxy) is 1. The summed E-state index contributed by atoms with van der Waals surface area (Å²) in [6.45, 7) is 3.68. The summed E-state index contributed by atoms with van der Waals surface area (Å²) in [6, 6.07) is 29.1. The van der Waals surface area contributed by atoms with Gasteiger partial charge in [0.2, 0.25) is 10.0 Å². The molecule has 0 saturated carbocycles. The quantitative estimate of drug-likeness (QED) is 0.0654. The Morgan fingerprint density at radius 2 is 1.35 bits per heavy atom. The van der Waals surface area contributed by atoms with E-state index in [0.717, 1.165) is 11.1 Å². The van der Waals surface area contributed by atoms with Gasteiger partial charge in [-0.05, 0) is 53.3 Å². The average Bonchev–Trinajstić information content (AvgIpc) is 3.10. The van der Waals surface area contributed by atoms with E-state index in [4.69, 9.17) is 19.5 Å². The molecule has 4 rings (SSSR count). The van der Waals surface area contributed by atoms with Crippen LogP contribution in [0, 0.1) is 16.0 Å². The molecule has 262 valence electrons. The van der Waals surface area contributed by atoms with Crippen LogP contribution in [0.3, 0.4) is 0 Å². The minimum Gasteiger partial charge on any atom is -0.481 e. The Labute approximate surface area is 287 Å². The third kappa shape index (κ3) is 11.6. The number of aliphatic hydroxyl groups excluding tert-OH is 1. The van der Waals surface area contributed by atoms with E-state index in [9.17, 15) is 28.2 Å². The maximum absolute atomic E-state index is 13.7. The number of sulfonamides is 1. The highest BCUT2D eigenvalue weighted by Crippen LogP contribution is 2.49. The lowest BCUT2D eigenvalue weighted by Gasteiger charge is -2.28. The molecule has 0 unspecified atom stereocenters. The number of nitro benzene ring substituents is 1. The Morgan fingerprint density at radius 3 is 1.84 bits per heavy atom. The molecule has 0 aliphatic carbocycles. The Bertz CT molecular complexity index is 1730. The Balaban J connectivity index is 1.42. The zero-order chi connectivity index (χ0) is 35.4. The van der Waals surface area contributed by atoms with E-state index in [-0.39, 0.29) is 55.0 Å². The lowest BCUT2D eigenvalue weighted by Crippen LogP contribution is -2.47. The lowest BCUT2D eigenvalue weighted by atomic mass is 10.0. The van der Waals surface area contributed by atoms with Crippen LogP contribution in [0.2, 0.25) is 0 Å². The number of rotatable bonds is 19. The molecule has 0 bridgehead atoms. The standard InChI is InChI=1S/C35H42N3O9PS/c1-27(2)22-37(23-35(39)34(36)21-28-13-15-31(16-14-28)38(40)41)49(43,44)33-19-17-32(18-20-33)45-26-48(42,46-24-29-9-5-3-6-10-29)47-25-30-11-7-4-8-12-30/h3-20,27,34-35,39H,21-26,36H2,1-2H3/t34-,35+/m0/s1. The predicted molar refractivity (Wildman–Crippen MR) is 186 cm³/mol. The molecule has 0 spiro atoms. The van der Waals surface area contributed by atoms with Gasteiger partial charge in [-0.2, -0.15) is 4.31 Å². The molecule has 2 atom stereocenters. The highest BCUT2D eigenvalue weighted by atomic mass is 32.2. The number of hydrogen-bond acceptors (Lipinski definition) is 10. The maximum Gasteiger partial charge on any atom is 0.368 e. The minimum atomic E-state index is -4.07. The van der Waals surface area contributed by atoms with Crippen molar-refractivity contribution in [3.8, 4) is 5.75 Å². The molecule has 0 aliphatic rings. The monoisotopic (exact) mass is 711 g/mol. The van der Waals surface area contributed by atoms with Gasteiger partial charge in [-0.3, -0.25) is 14.7 Å². The summed E-state index contributed by atoms with van der Waals surface area (Å²) in [6.07, 6.45) is -1.43. The molecule has 0 aromatic heterocycles. The first kappa shape index (κ1) is 37.9. The van der Waals surface area contributed by atoms with E-state index in [1.807, 2.05) is 74.5 Å². The van der Waals surface area contributed by atoms with Gasteiger partial charge in [-0.25, -0.2) is 8.42 Å². The van der Waals surface area contributed by atoms with Crippen LogP contribution in [0.25, 0.3) is 0 Å². The number of hydrogen-bond donors (Lipinski definition) is 2. The zero-order valence-electron chi connectivity index (χ0n) is 27.4. The van der Waals surface area contributed by atoms with Crippen molar-refractivity contribution in [2.75, 3.05) is 19.4 Å². The van der Waals surface area contributed by atoms with Crippen LogP contribution >= 0.6 is 7.60 Å². The fourth-order valence-electron chi connectivity index (χ4n) is 4.80. The summed E-state index contributed by atoms with van der Waals surface area (Å²) in [4.78, 5) is 10.4. The van der Waals surface area contributed by atoms with Gasteiger partial charge in [0.05, 0.1) is 29.1 Å². The summed E-state index contributed by atoms with van der Waals surface area (Å²) >= 11 is 0. The van der Waals surface area contributed by atoms with E-state index in [2.05, 4.69) is 0 Å². The zero-order valence-corrected chi connectivity index (χ0v) is 29.1. The second kappa shape index (κ2) is 17.6. The van der Waals surface area contributed by atoms with Crippen LogP contribution in [0.5, 0.6) is 5.75 Å². The number of non-ortho nitro benzene ring substituents is 1. The van der Waals surface area contributed by atoms with Gasteiger partial charge in [0.1, 0.15) is 5.75 Å². The summed E-state index contributed by atoms with van der Waals surface area (Å²) < 4.78 is 59.7. The molecular weight excluding hydrogens is 669 g/mol. The average molecular weight is 712 g/mol. The first-order chi connectivity index (χ1) is 23.3. The summed E-state index contributed by atoms with van der Waals surface area (Å²) in [5, 5.41) is 21.9. The Hall–Kier alpha value is -3.94. The number of nitro groups is 1. The largest absolute Gasteiger partial charge is 0.481 e. The maximum atomic E-state index is 13.7. The van der Waals surface area contributed by atoms with Crippen LogP contribution in [0.1, 0.15) is 30.5 Å². The molecule has 0 radical (unpaired) electrons. The summed E-state index contributed by atoms with van der Waals surface area (Å²) in [7, 11) is -7.84. The van der Waals surface area contributed by atoms with Gasteiger partial charge in [0.15, 0.2) is 6.35 Å². The summed E-state index contributed by atoms with van der Waals surface area (Å²) in [5.41, 5.74) is 8.47. The van der Waals surface area contributed by atoms with E-state index < -0.39 is 41.0 Å². The Morgan fingerprint density at radius 1 is 0.816 bits per heavy atom. The van der Waals surface area contributed by atoms with Crippen molar-refractivity contribution in [1.29, 1.82) is 0 Å². The van der Waals surface area contributed by atoms with Crippen LogP contribution in [0.4, 0.5) is 5.69 Å². The van der Waals surface area contributed by atoms with Gasteiger partial charge in [0.25, 0.3) is 5.69 Å². The van der Waals surface area contributed by atoms with Crippen molar-refractivity contribution < 1.29 is 36.8 Å². The fourth-order valence-corrected chi connectivity index (χ4v) is 7.64. The SMILES string of the molecule is CC(C)CN(C[C@@H](O)[C@@H](N)Cc1ccc([N+](=O)[O-])cc1)S(=O)(=O)c1ccc(OCP(=O)(OCc2ccccc2)OCc2ccccc2)cc1. The number of aliphatic hydroxyl groups is 1. The molecular formula is C35H42N3O9PS. The second-order valence-corrected chi connectivity index (χ2v) is 15.9. The van der Waals surface area contributed by atoms with Crippen molar-refractivity contribution in [3.05, 3.63) is 136 Å². The molecule has 3 N–H and O–H groups in total. The molecule has 0 aliphatic heterocycles. The number of nitrogens with two attached hydrogens (primary N) is 1. The number of benzene rings is 4. The molecule has 12 nitrogen and oxygen atoms in total.